The molecular weight excluding hydrogens is 246 g/mol. The molecule has 100 valence electrons. The summed E-state index contributed by atoms with van der Waals surface area (Å²) in [4.78, 5) is 0. The predicted octanol–water partition coefficient (Wildman–Crippen LogP) is 3.13. The van der Waals surface area contributed by atoms with E-state index in [1.54, 1.807) is 0 Å². The first-order valence-corrected chi connectivity index (χ1v) is 6.73. The van der Waals surface area contributed by atoms with Crippen LogP contribution in [0.25, 0.3) is 11.3 Å². The molecule has 0 aliphatic rings. The molecule has 0 aliphatic heterocycles. The van der Waals surface area contributed by atoms with E-state index < -0.39 is 0 Å². The Morgan fingerprint density at radius 1 is 0.900 bits per heavy atom. The Kier molecular flexibility index (Phi) is 3.61. The van der Waals surface area contributed by atoms with Crippen LogP contribution in [0.15, 0.2) is 60.8 Å². The lowest BCUT2D eigenvalue weighted by atomic mass is 9.99. The van der Waals surface area contributed by atoms with E-state index in [4.69, 9.17) is 5.73 Å². The summed E-state index contributed by atoms with van der Waals surface area (Å²) in [6.07, 6.45) is 2.74. The van der Waals surface area contributed by atoms with Crippen molar-refractivity contribution in [3.63, 3.8) is 0 Å². The van der Waals surface area contributed by atoms with Crippen molar-refractivity contribution in [1.82, 2.24) is 10.2 Å². The first kappa shape index (κ1) is 12.6. The van der Waals surface area contributed by atoms with Gasteiger partial charge in [-0.1, -0.05) is 48.5 Å². The summed E-state index contributed by atoms with van der Waals surface area (Å²) in [7, 11) is 0. The van der Waals surface area contributed by atoms with Crippen molar-refractivity contribution >= 4 is 0 Å². The Hall–Kier alpha value is -2.39. The summed E-state index contributed by atoms with van der Waals surface area (Å²) in [5, 5.41) is 7.02. The molecule has 0 saturated carbocycles. The van der Waals surface area contributed by atoms with Crippen LogP contribution in [0, 0.1) is 0 Å². The third kappa shape index (κ3) is 2.63. The maximum absolute atomic E-state index is 5.78. The monoisotopic (exact) mass is 263 g/mol. The highest BCUT2D eigenvalue weighted by Gasteiger charge is 2.03. The third-order valence-electron chi connectivity index (χ3n) is 3.48. The Bertz CT molecular complexity index is 670. The van der Waals surface area contributed by atoms with Gasteiger partial charge in [-0.3, -0.25) is 5.10 Å². The minimum Gasteiger partial charge on any atom is -0.326 e. The number of hydrogen-bond acceptors (Lipinski definition) is 2. The molecule has 2 aromatic carbocycles. The van der Waals surface area contributed by atoms with E-state index >= 15 is 0 Å². The molecule has 3 nitrogen and oxygen atoms in total. The van der Waals surface area contributed by atoms with E-state index in [0.717, 1.165) is 17.7 Å². The fraction of sp³-hybridized carbons (Fsp3) is 0.118. The van der Waals surface area contributed by atoms with Gasteiger partial charge in [-0.2, -0.15) is 5.10 Å². The third-order valence-corrected chi connectivity index (χ3v) is 3.48. The molecule has 0 spiro atoms. The molecule has 3 aromatic rings. The second-order valence-electron chi connectivity index (χ2n) is 4.81. The summed E-state index contributed by atoms with van der Waals surface area (Å²) < 4.78 is 0. The lowest BCUT2D eigenvalue weighted by Gasteiger charge is -2.08. The molecular formula is C17H17N3. The molecule has 3 N–H and O–H groups in total. The molecule has 0 fully saturated rings. The molecule has 0 radical (unpaired) electrons. The van der Waals surface area contributed by atoms with Crippen LogP contribution >= 0.6 is 0 Å². The van der Waals surface area contributed by atoms with Crippen LogP contribution in [0.1, 0.15) is 16.7 Å². The lowest BCUT2D eigenvalue weighted by Crippen LogP contribution is -2.01. The van der Waals surface area contributed by atoms with Gasteiger partial charge in [0.2, 0.25) is 0 Å². The van der Waals surface area contributed by atoms with Crippen molar-refractivity contribution in [3.05, 3.63) is 77.5 Å². The standard InChI is InChI=1S/C17H17N3/c18-12-16-4-2-1-3-15(16)11-13-5-7-14(8-6-13)17-9-10-19-20-17/h1-10H,11-12,18H2,(H,19,20). The smallest absolute Gasteiger partial charge is 0.0920 e. The van der Waals surface area contributed by atoms with Crippen LogP contribution in [0.4, 0.5) is 0 Å². The number of H-pyrrole nitrogens is 1. The van der Waals surface area contributed by atoms with Gasteiger partial charge in [-0.15, -0.1) is 0 Å². The molecule has 20 heavy (non-hydrogen) atoms. The summed E-state index contributed by atoms with van der Waals surface area (Å²) in [6.45, 7) is 0.585. The van der Waals surface area contributed by atoms with E-state index in [-0.39, 0.29) is 0 Å². The van der Waals surface area contributed by atoms with Crippen LogP contribution < -0.4 is 5.73 Å². The predicted molar refractivity (Wildman–Crippen MR) is 81.2 cm³/mol. The lowest BCUT2D eigenvalue weighted by molar-refractivity contribution is 1.02. The Balaban J connectivity index is 1.82. The van der Waals surface area contributed by atoms with E-state index in [1.807, 2.05) is 18.3 Å². The van der Waals surface area contributed by atoms with Gasteiger partial charge >= 0.3 is 0 Å². The molecule has 1 heterocycles. The van der Waals surface area contributed by atoms with Gasteiger partial charge in [0.25, 0.3) is 0 Å². The Labute approximate surface area is 118 Å². The average molecular weight is 263 g/mol. The normalized spacial score (nSPS) is 10.7. The van der Waals surface area contributed by atoms with Gasteiger partial charge in [0.15, 0.2) is 0 Å². The average Bonchev–Trinajstić information content (AvgIpc) is 3.03. The first-order chi connectivity index (χ1) is 9.86. The second-order valence-corrected chi connectivity index (χ2v) is 4.81. The minimum atomic E-state index is 0.585. The van der Waals surface area contributed by atoms with Crippen LogP contribution in [-0.2, 0) is 13.0 Å². The van der Waals surface area contributed by atoms with Gasteiger partial charge in [0.1, 0.15) is 0 Å². The number of aromatic amines is 1. The highest BCUT2D eigenvalue weighted by atomic mass is 15.1. The number of rotatable bonds is 4. The van der Waals surface area contributed by atoms with E-state index in [0.29, 0.717) is 6.54 Å². The van der Waals surface area contributed by atoms with E-state index in [1.165, 1.54) is 16.7 Å². The van der Waals surface area contributed by atoms with Crippen molar-refractivity contribution in [2.24, 2.45) is 5.73 Å². The van der Waals surface area contributed by atoms with Gasteiger partial charge in [-0.05, 0) is 29.2 Å². The SMILES string of the molecule is NCc1ccccc1Cc1ccc(-c2cc[nH]n2)cc1. The molecule has 3 heteroatoms. The van der Waals surface area contributed by atoms with Gasteiger partial charge < -0.3 is 5.73 Å². The highest BCUT2D eigenvalue weighted by Crippen LogP contribution is 2.19. The van der Waals surface area contributed by atoms with Gasteiger partial charge in [0.05, 0.1) is 5.69 Å². The molecule has 0 amide bonds. The number of benzene rings is 2. The van der Waals surface area contributed by atoms with Crippen LogP contribution in [0.2, 0.25) is 0 Å². The van der Waals surface area contributed by atoms with Crippen molar-refractivity contribution in [1.29, 1.82) is 0 Å². The zero-order valence-corrected chi connectivity index (χ0v) is 11.2. The molecule has 1 aromatic heterocycles. The fourth-order valence-corrected chi connectivity index (χ4v) is 2.36. The second kappa shape index (κ2) is 5.72. The maximum atomic E-state index is 5.78. The summed E-state index contributed by atoms with van der Waals surface area (Å²) in [5.41, 5.74) is 11.7. The maximum Gasteiger partial charge on any atom is 0.0920 e. The van der Waals surface area contributed by atoms with E-state index in [9.17, 15) is 0 Å². The quantitative estimate of drug-likeness (QED) is 0.760. The van der Waals surface area contributed by atoms with Crippen molar-refractivity contribution in [2.75, 3.05) is 0 Å². The first-order valence-electron chi connectivity index (χ1n) is 6.73. The zero-order chi connectivity index (χ0) is 13.8. The fourth-order valence-electron chi connectivity index (χ4n) is 2.36. The summed E-state index contributed by atoms with van der Waals surface area (Å²) >= 11 is 0. The van der Waals surface area contributed by atoms with Crippen LogP contribution in [-0.4, -0.2) is 10.2 Å². The molecule has 0 saturated heterocycles. The largest absolute Gasteiger partial charge is 0.326 e. The summed E-state index contributed by atoms with van der Waals surface area (Å²) in [5.74, 6) is 0. The molecule has 3 rings (SSSR count). The Morgan fingerprint density at radius 3 is 2.30 bits per heavy atom. The van der Waals surface area contributed by atoms with Crippen molar-refractivity contribution in [2.45, 2.75) is 13.0 Å². The molecule has 0 bridgehead atoms. The van der Waals surface area contributed by atoms with Crippen LogP contribution in [0.5, 0.6) is 0 Å². The number of nitrogens with zero attached hydrogens (tertiary/aromatic N) is 1. The number of nitrogens with two attached hydrogens (primary N) is 1. The molecule has 0 atom stereocenters. The van der Waals surface area contributed by atoms with Gasteiger partial charge in [-0.25, -0.2) is 0 Å². The van der Waals surface area contributed by atoms with E-state index in [2.05, 4.69) is 52.7 Å². The summed E-state index contributed by atoms with van der Waals surface area (Å²) in [6, 6.07) is 18.8. The number of hydrogen-bond donors (Lipinski definition) is 2. The molecule has 0 aliphatic carbocycles. The van der Waals surface area contributed by atoms with Gasteiger partial charge in [0, 0.05) is 18.3 Å². The minimum absolute atomic E-state index is 0.585. The van der Waals surface area contributed by atoms with Crippen molar-refractivity contribution < 1.29 is 0 Å². The number of aromatic nitrogens is 2. The number of nitrogens with one attached hydrogen (secondary N) is 1. The zero-order valence-electron chi connectivity index (χ0n) is 11.2. The Morgan fingerprint density at radius 2 is 1.65 bits per heavy atom. The topological polar surface area (TPSA) is 54.7 Å². The molecule has 0 unspecified atom stereocenters. The highest BCUT2D eigenvalue weighted by molar-refractivity contribution is 5.58. The van der Waals surface area contributed by atoms with Crippen LogP contribution in [0.3, 0.4) is 0 Å². The van der Waals surface area contributed by atoms with Crippen molar-refractivity contribution in [3.8, 4) is 11.3 Å².